The fraction of sp³-hybridized carbons (Fsp3) is 1.00. The highest BCUT2D eigenvalue weighted by Crippen LogP contribution is 2.35. The molecule has 0 saturated carbocycles. The molecular weight excluding hydrogens is 380 g/mol. The number of hydrogen-bond acceptors (Lipinski definition) is 6. The predicted octanol–water partition coefficient (Wildman–Crippen LogP) is 3.21. The van der Waals surface area contributed by atoms with Crippen LogP contribution in [0.3, 0.4) is 0 Å². The molecule has 0 aromatic carbocycles. The van der Waals surface area contributed by atoms with Gasteiger partial charge in [0.25, 0.3) is 8.48 Å². The highest BCUT2D eigenvalue weighted by molar-refractivity contribution is 6.88. The summed E-state index contributed by atoms with van der Waals surface area (Å²) in [6.45, 7) is 10.8. The number of hydrogen-bond donors (Lipinski definition) is 0. The Balaban J connectivity index is 2.42. The normalized spacial score (nSPS) is 22.5. The zero-order chi connectivity index (χ0) is 19.8. The Bertz CT molecular complexity index is 400. The van der Waals surface area contributed by atoms with Crippen molar-refractivity contribution in [3.8, 4) is 0 Å². The van der Waals surface area contributed by atoms with Crippen molar-refractivity contribution in [1.29, 1.82) is 0 Å². The van der Waals surface area contributed by atoms with Gasteiger partial charge >= 0.3 is 8.80 Å². The Morgan fingerprint density at radius 2 is 1.54 bits per heavy atom. The Hall–Kier alpha value is 0.411. The molecule has 6 nitrogen and oxygen atoms in total. The first-order chi connectivity index (χ1) is 12.2. The zero-order valence-electron chi connectivity index (χ0n) is 18.4. The van der Waals surface area contributed by atoms with Gasteiger partial charge in [0, 0.05) is 34.5 Å². The molecule has 0 aromatic heterocycles. The van der Waals surface area contributed by atoms with Gasteiger partial charge in [-0.1, -0.05) is 19.6 Å². The van der Waals surface area contributed by atoms with Gasteiger partial charge in [0.15, 0.2) is 0 Å². The molecule has 0 spiro atoms. The maximum absolute atomic E-state index is 6.23. The van der Waals surface area contributed by atoms with Crippen molar-refractivity contribution in [2.75, 3.05) is 55.1 Å². The molecule has 0 bridgehead atoms. The zero-order valence-corrected chi connectivity index (χ0v) is 21.4. The van der Waals surface area contributed by atoms with Crippen LogP contribution in [0.25, 0.3) is 0 Å². The molecule has 9 heteroatoms. The third kappa shape index (κ3) is 6.49. The molecule has 1 aliphatic rings. The average molecular weight is 423 g/mol. The monoisotopic (exact) mass is 422 g/mol. The van der Waals surface area contributed by atoms with E-state index in [4.69, 9.17) is 17.7 Å². The summed E-state index contributed by atoms with van der Waals surface area (Å²) in [4.78, 5) is 2.42. The van der Waals surface area contributed by atoms with E-state index < -0.39 is 25.5 Å². The van der Waals surface area contributed by atoms with Crippen LogP contribution < -0.4 is 0 Å². The molecule has 0 aromatic rings. The van der Waals surface area contributed by atoms with Gasteiger partial charge in [-0.05, 0) is 58.0 Å². The minimum atomic E-state index is -2.43. The van der Waals surface area contributed by atoms with Crippen LogP contribution in [0.1, 0.15) is 19.3 Å². The van der Waals surface area contributed by atoms with Crippen LogP contribution in [0.15, 0.2) is 0 Å². The Labute approximate surface area is 164 Å². The SMILES string of the molecule is CO[Si](CCCN(C)CCC[Si]1(OC)CCCN1[Si](C)(C)C)(OC)OC. The third-order valence-electron chi connectivity index (χ3n) is 5.69. The smallest absolute Gasteiger partial charge is 0.407 e. The van der Waals surface area contributed by atoms with E-state index in [1.165, 1.54) is 31.5 Å². The molecule has 1 saturated heterocycles. The highest BCUT2D eigenvalue weighted by atomic mass is 28.4. The van der Waals surface area contributed by atoms with Gasteiger partial charge in [0.1, 0.15) is 8.24 Å². The van der Waals surface area contributed by atoms with E-state index in [1.807, 2.05) is 7.11 Å². The van der Waals surface area contributed by atoms with E-state index in [2.05, 4.69) is 35.8 Å². The van der Waals surface area contributed by atoms with Crippen molar-refractivity contribution in [2.45, 2.75) is 57.0 Å². The van der Waals surface area contributed by atoms with Crippen LogP contribution in [-0.4, -0.2) is 89.8 Å². The first-order valence-electron chi connectivity index (χ1n) is 9.85. The lowest BCUT2D eigenvalue weighted by molar-refractivity contribution is 0.122. The van der Waals surface area contributed by atoms with Crippen molar-refractivity contribution in [1.82, 2.24) is 9.13 Å². The Kier molecular flexibility index (Phi) is 10.2. The fourth-order valence-electron chi connectivity index (χ4n) is 4.23. The minimum Gasteiger partial charge on any atom is -0.407 e. The van der Waals surface area contributed by atoms with Crippen LogP contribution in [0.5, 0.6) is 0 Å². The summed E-state index contributed by atoms with van der Waals surface area (Å²) < 4.78 is 25.6. The second-order valence-electron chi connectivity index (χ2n) is 8.38. The molecule has 26 heavy (non-hydrogen) atoms. The van der Waals surface area contributed by atoms with Crippen LogP contribution in [0.2, 0.25) is 37.8 Å². The molecule has 1 rings (SSSR count). The van der Waals surface area contributed by atoms with Gasteiger partial charge in [-0.15, -0.1) is 0 Å². The van der Waals surface area contributed by atoms with E-state index in [-0.39, 0.29) is 0 Å². The molecule has 1 fully saturated rings. The molecule has 0 radical (unpaired) electrons. The van der Waals surface area contributed by atoms with Crippen LogP contribution in [0, 0.1) is 0 Å². The lowest BCUT2D eigenvalue weighted by Gasteiger charge is -2.42. The lowest BCUT2D eigenvalue weighted by Crippen LogP contribution is -2.61. The lowest BCUT2D eigenvalue weighted by atomic mass is 10.4. The fourth-order valence-corrected chi connectivity index (χ4v) is 16.0. The maximum atomic E-state index is 6.23. The van der Waals surface area contributed by atoms with E-state index in [1.54, 1.807) is 21.3 Å². The summed E-state index contributed by atoms with van der Waals surface area (Å²) in [5, 5.41) is 0. The van der Waals surface area contributed by atoms with Gasteiger partial charge in [-0.25, -0.2) is 0 Å². The summed E-state index contributed by atoms with van der Waals surface area (Å²) in [6.07, 6.45) is 3.57. The molecule has 1 atom stereocenters. The first kappa shape index (κ1) is 24.4. The van der Waals surface area contributed by atoms with Crippen molar-refractivity contribution in [2.24, 2.45) is 0 Å². The maximum Gasteiger partial charge on any atom is 0.500 e. The summed E-state index contributed by atoms with van der Waals surface area (Å²) in [5.41, 5.74) is 0. The van der Waals surface area contributed by atoms with E-state index in [0.29, 0.717) is 0 Å². The molecule has 1 heterocycles. The van der Waals surface area contributed by atoms with Gasteiger partial charge in [0.05, 0.1) is 0 Å². The van der Waals surface area contributed by atoms with E-state index in [0.717, 1.165) is 25.6 Å². The van der Waals surface area contributed by atoms with Gasteiger partial charge in [-0.3, -0.25) is 0 Å². The molecular formula is C17H42N2O4Si3. The van der Waals surface area contributed by atoms with Crippen LogP contribution in [-0.2, 0) is 17.7 Å². The van der Waals surface area contributed by atoms with Crippen molar-refractivity contribution < 1.29 is 17.7 Å². The second kappa shape index (κ2) is 10.8. The number of rotatable bonds is 13. The third-order valence-corrected chi connectivity index (χ3v) is 17.8. The molecule has 156 valence electrons. The first-order valence-corrected chi connectivity index (χ1v) is 17.5. The molecule has 1 unspecified atom stereocenters. The largest absolute Gasteiger partial charge is 0.500 e. The van der Waals surface area contributed by atoms with E-state index in [9.17, 15) is 0 Å². The van der Waals surface area contributed by atoms with Crippen molar-refractivity contribution in [3.63, 3.8) is 0 Å². The van der Waals surface area contributed by atoms with Crippen molar-refractivity contribution >= 4 is 25.5 Å². The van der Waals surface area contributed by atoms with Crippen LogP contribution >= 0.6 is 0 Å². The topological polar surface area (TPSA) is 43.4 Å². The van der Waals surface area contributed by atoms with Gasteiger partial charge < -0.3 is 26.8 Å². The minimum absolute atomic E-state index is 0.862. The quantitative estimate of drug-likeness (QED) is 0.425. The van der Waals surface area contributed by atoms with Crippen LogP contribution in [0.4, 0.5) is 0 Å². The standard InChI is InChI=1S/C17H42N2O4Si3/c1-18(13-10-17-26(21-3,22-4)23-5)12-9-15-25(20-2)16-11-14-19(25)24(6,7)8/h9-17H2,1-8H3. The second-order valence-corrected chi connectivity index (χ2v) is 20.6. The summed E-state index contributed by atoms with van der Waals surface area (Å²) in [5.74, 6) is 0. The summed E-state index contributed by atoms with van der Waals surface area (Å²) in [6, 6.07) is 3.42. The Morgan fingerprint density at radius 3 is 2.04 bits per heavy atom. The Morgan fingerprint density at radius 1 is 0.962 bits per heavy atom. The molecule has 0 N–H and O–H groups in total. The van der Waals surface area contributed by atoms with Crippen molar-refractivity contribution in [3.05, 3.63) is 0 Å². The predicted molar refractivity (Wildman–Crippen MR) is 115 cm³/mol. The molecule has 0 amide bonds. The van der Waals surface area contributed by atoms with E-state index >= 15 is 0 Å². The molecule has 1 aliphatic heterocycles. The molecule has 0 aliphatic carbocycles. The summed E-state index contributed by atoms with van der Waals surface area (Å²) >= 11 is 0. The van der Waals surface area contributed by atoms with Gasteiger partial charge in [0.2, 0.25) is 0 Å². The highest BCUT2D eigenvalue weighted by Gasteiger charge is 2.49. The summed E-state index contributed by atoms with van der Waals surface area (Å²) in [7, 11) is 3.80. The number of nitrogens with zero attached hydrogens (tertiary/aromatic N) is 2. The van der Waals surface area contributed by atoms with Gasteiger partial charge in [-0.2, -0.15) is 0 Å². The average Bonchev–Trinajstić information content (AvgIpc) is 3.04.